The van der Waals surface area contributed by atoms with Gasteiger partial charge in [0.15, 0.2) is 0 Å². The highest BCUT2D eigenvalue weighted by Crippen LogP contribution is 2.38. The van der Waals surface area contributed by atoms with Crippen LogP contribution >= 0.6 is 0 Å². The Hall–Kier alpha value is -1.55. The Labute approximate surface area is 125 Å². The standard InChI is InChI=1S/C17H22N2O2/c20-17(21)14-3-1-5-16-13(14)4-2-8-19(16)15-7-10-18-9-6-12(15)11-18/h1,3,5,12,15H,2,4,6-11H2,(H,20,21). The molecule has 3 heterocycles. The second-order valence-electron chi connectivity index (χ2n) is 6.61. The van der Waals surface area contributed by atoms with E-state index in [0.717, 1.165) is 30.9 Å². The molecule has 112 valence electrons. The lowest BCUT2D eigenvalue weighted by molar-refractivity contribution is 0.0695. The lowest BCUT2D eigenvalue weighted by Crippen LogP contribution is -2.48. The van der Waals surface area contributed by atoms with Gasteiger partial charge in [0.1, 0.15) is 0 Å². The van der Waals surface area contributed by atoms with Gasteiger partial charge in [-0.05, 0) is 55.8 Å². The van der Waals surface area contributed by atoms with Gasteiger partial charge in [-0.3, -0.25) is 0 Å². The van der Waals surface area contributed by atoms with Crippen molar-refractivity contribution in [3.63, 3.8) is 0 Å². The van der Waals surface area contributed by atoms with Crippen molar-refractivity contribution in [2.45, 2.75) is 31.7 Å². The topological polar surface area (TPSA) is 43.8 Å². The number of carboxylic acids is 1. The van der Waals surface area contributed by atoms with Crippen LogP contribution < -0.4 is 4.90 Å². The van der Waals surface area contributed by atoms with Crippen molar-refractivity contribution in [1.29, 1.82) is 0 Å². The van der Waals surface area contributed by atoms with E-state index in [1.165, 1.54) is 38.2 Å². The van der Waals surface area contributed by atoms with E-state index in [9.17, 15) is 9.90 Å². The molecule has 2 bridgehead atoms. The number of piperidine rings is 1. The first-order valence-electron chi connectivity index (χ1n) is 8.08. The molecule has 0 aromatic heterocycles. The normalized spacial score (nSPS) is 31.0. The Morgan fingerprint density at radius 2 is 2.05 bits per heavy atom. The number of benzene rings is 1. The molecule has 0 saturated carbocycles. The van der Waals surface area contributed by atoms with E-state index in [1.54, 1.807) is 6.07 Å². The van der Waals surface area contributed by atoms with Crippen molar-refractivity contribution in [3.8, 4) is 0 Å². The third-order valence-corrected chi connectivity index (χ3v) is 5.51. The second kappa shape index (κ2) is 5.02. The Morgan fingerprint density at radius 1 is 1.19 bits per heavy atom. The number of hydrogen-bond acceptors (Lipinski definition) is 3. The third kappa shape index (κ3) is 2.13. The van der Waals surface area contributed by atoms with Crippen LogP contribution in [0.1, 0.15) is 35.2 Å². The summed E-state index contributed by atoms with van der Waals surface area (Å²) in [5.41, 5.74) is 2.74. The first kappa shape index (κ1) is 13.1. The summed E-state index contributed by atoms with van der Waals surface area (Å²) >= 11 is 0. The number of carboxylic acid groups (broad SMARTS) is 1. The van der Waals surface area contributed by atoms with Gasteiger partial charge in [0.2, 0.25) is 0 Å². The Morgan fingerprint density at radius 3 is 2.90 bits per heavy atom. The van der Waals surface area contributed by atoms with Crippen LogP contribution in [0, 0.1) is 5.92 Å². The predicted molar refractivity (Wildman–Crippen MR) is 82.0 cm³/mol. The molecule has 2 saturated heterocycles. The lowest BCUT2D eigenvalue weighted by atomic mass is 9.88. The van der Waals surface area contributed by atoms with Crippen LogP contribution in [0.15, 0.2) is 18.2 Å². The predicted octanol–water partition coefficient (Wildman–Crippen LogP) is 2.23. The van der Waals surface area contributed by atoms with Gasteiger partial charge in [-0.2, -0.15) is 0 Å². The summed E-state index contributed by atoms with van der Waals surface area (Å²) < 4.78 is 0. The summed E-state index contributed by atoms with van der Waals surface area (Å²) in [6, 6.07) is 6.39. The van der Waals surface area contributed by atoms with E-state index in [-0.39, 0.29) is 0 Å². The molecular weight excluding hydrogens is 264 g/mol. The van der Waals surface area contributed by atoms with Crippen LogP contribution in [0.2, 0.25) is 0 Å². The zero-order valence-corrected chi connectivity index (χ0v) is 12.3. The first-order chi connectivity index (χ1) is 10.2. The summed E-state index contributed by atoms with van der Waals surface area (Å²) in [7, 11) is 0. The van der Waals surface area contributed by atoms with Crippen molar-refractivity contribution in [2.75, 3.05) is 31.1 Å². The summed E-state index contributed by atoms with van der Waals surface area (Å²) in [5, 5.41) is 9.42. The van der Waals surface area contributed by atoms with Crippen LogP contribution in [-0.2, 0) is 6.42 Å². The highest BCUT2D eigenvalue weighted by atomic mass is 16.4. The van der Waals surface area contributed by atoms with Gasteiger partial charge in [0.05, 0.1) is 5.56 Å². The molecule has 0 spiro atoms. The molecule has 1 aromatic rings. The van der Waals surface area contributed by atoms with E-state index >= 15 is 0 Å². The number of hydrogen-bond donors (Lipinski definition) is 1. The molecule has 3 aliphatic heterocycles. The molecule has 3 atom stereocenters. The maximum absolute atomic E-state index is 11.5. The average Bonchev–Trinajstić information content (AvgIpc) is 2.88. The number of rotatable bonds is 2. The van der Waals surface area contributed by atoms with Crippen molar-refractivity contribution >= 4 is 11.7 Å². The first-order valence-corrected chi connectivity index (χ1v) is 8.08. The highest BCUT2D eigenvalue weighted by molar-refractivity contribution is 5.91. The van der Waals surface area contributed by atoms with E-state index in [1.807, 2.05) is 6.07 Å². The van der Waals surface area contributed by atoms with E-state index in [2.05, 4.69) is 15.9 Å². The fourth-order valence-electron chi connectivity index (χ4n) is 4.54. The molecule has 4 heteroatoms. The van der Waals surface area contributed by atoms with E-state index in [4.69, 9.17) is 0 Å². The Balaban J connectivity index is 1.70. The van der Waals surface area contributed by atoms with Gasteiger partial charge in [-0.25, -0.2) is 4.79 Å². The summed E-state index contributed by atoms with van der Waals surface area (Å²) in [6.45, 7) is 4.76. The molecule has 0 radical (unpaired) electrons. The van der Waals surface area contributed by atoms with Crippen molar-refractivity contribution < 1.29 is 9.90 Å². The van der Waals surface area contributed by atoms with E-state index in [0.29, 0.717) is 11.6 Å². The molecular formula is C17H22N2O2. The maximum atomic E-state index is 11.5. The second-order valence-corrected chi connectivity index (χ2v) is 6.61. The van der Waals surface area contributed by atoms with Gasteiger partial charge in [0, 0.05) is 31.4 Å². The van der Waals surface area contributed by atoms with Crippen molar-refractivity contribution in [3.05, 3.63) is 29.3 Å². The molecule has 3 unspecified atom stereocenters. The third-order valence-electron chi connectivity index (χ3n) is 5.51. The minimum atomic E-state index is -0.788. The lowest BCUT2D eigenvalue weighted by Gasteiger charge is -2.43. The minimum Gasteiger partial charge on any atom is -0.478 e. The summed E-state index contributed by atoms with van der Waals surface area (Å²) in [6.07, 6.45) is 4.50. The number of carbonyl (C=O) groups is 1. The minimum absolute atomic E-state index is 0.501. The summed E-state index contributed by atoms with van der Waals surface area (Å²) in [4.78, 5) is 16.6. The fraction of sp³-hybridized carbons (Fsp3) is 0.588. The number of fused-ring (bicyclic) bond motifs is 3. The van der Waals surface area contributed by atoms with Gasteiger partial charge >= 0.3 is 5.97 Å². The number of anilines is 1. The molecule has 0 aliphatic carbocycles. The average molecular weight is 286 g/mol. The van der Waals surface area contributed by atoms with Crippen molar-refractivity contribution in [1.82, 2.24) is 4.90 Å². The van der Waals surface area contributed by atoms with Crippen LogP contribution in [0.4, 0.5) is 5.69 Å². The Kier molecular flexibility index (Phi) is 3.14. The molecule has 4 nitrogen and oxygen atoms in total. The van der Waals surface area contributed by atoms with Crippen LogP contribution in [0.5, 0.6) is 0 Å². The van der Waals surface area contributed by atoms with Gasteiger partial charge < -0.3 is 14.9 Å². The van der Waals surface area contributed by atoms with Gasteiger partial charge in [-0.15, -0.1) is 0 Å². The van der Waals surface area contributed by atoms with Crippen molar-refractivity contribution in [2.24, 2.45) is 5.92 Å². The van der Waals surface area contributed by atoms with Crippen LogP contribution in [0.3, 0.4) is 0 Å². The van der Waals surface area contributed by atoms with Crippen LogP contribution in [-0.4, -0.2) is 48.2 Å². The van der Waals surface area contributed by atoms with Crippen LogP contribution in [0.25, 0.3) is 0 Å². The molecule has 3 aliphatic rings. The molecule has 0 amide bonds. The highest BCUT2D eigenvalue weighted by Gasteiger charge is 2.38. The molecule has 1 aromatic carbocycles. The van der Waals surface area contributed by atoms with Gasteiger partial charge in [-0.1, -0.05) is 6.07 Å². The summed E-state index contributed by atoms with van der Waals surface area (Å²) in [5.74, 6) is -0.0254. The maximum Gasteiger partial charge on any atom is 0.336 e. The zero-order chi connectivity index (χ0) is 14.4. The van der Waals surface area contributed by atoms with E-state index < -0.39 is 5.97 Å². The Bertz CT molecular complexity index is 572. The molecule has 2 fully saturated rings. The number of nitrogens with zero attached hydrogens (tertiary/aromatic N) is 2. The SMILES string of the molecule is O=C(O)c1cccc2c1CCCN2C1CCN2CCC1C2. The molecule has 4 rings (SSSR count). The van der Waals surface area contributed by atoms with Gasteiger partial charge in [0.25, 0.3) is 0 Å². The smallest absolute Gasteiger partial charge is 0.336 e. The monoisotopic (exact) mass is 286 g/mol. The zero-order valence-electron chi connectivity index (χ0n) is 12.3. The quantitative estimate of drug-likeness (QED) is 0.905. The number of aromatic carboxylic acids is 1. The fourth-order valence-corrected chi connectivity index (χ4v) is 4.54. The molecule has 21 heavy (non-hydrogen) atoms. The largest absolute Gasteiger partial charge is 0.478 e. The molecule has 1 N–H and O–H groups in total.